The molecule has 0 bridgehead atoms. The molecule has 0 fully saturated rings. The average molecular weight is 329 g/mol. The van der Waals surface area contributed by atoms with Crippen LogP contribution in [0.25, 0.3) is 0 Å². The molecule has 0 aliphatic heterocycles. The van der Waals surface area contributed by atoms with Crippen LogP contribution in [0.2, 0.25) is 0 Å². The number of nitrogens with zero attached hydrogens (tertiary/aromatic N) is 2. The second-order valence-corrected chi connectivity index (χ2v) is 6.08. The first-order valence-corrected chi connectivity index (χ1v) is 6.94. The number of rotatable bonds is 5. The number of aromatic nitrogens is 2. The Hall–Kier alpha value is -1.34. The molecule has 2 rings (SSSR count). The van der Waals surface area contributed by atoms with Crippen molar-refractivity contribution in [2.45, 2.75) is 6.42 Å². The van der Waals surface area contributed by atoms with Crippen LogP contribution in [-0.2, 0) is 6.42 Å². The topological polar surface area (TPSA) is 73.1 Å². The van der Waals surface area contributed by atoms with Crippen molar-refractivity contribution in [1.82, 2.24) is 9.97 Å². The Labute approximate surface area is 118 Å². The van der Waals surface area contributed by atoms with Crippen molar-refractivity contribution in [3.63, 3.8) is 0 Å². The van der Waals surface area contributed by atoms with Crippen LogP contribution in [-0.4, -0.2) is 23.6 Å². The van der Waals surface area contributed by atoms with Crippen LogP contribution >= 0.6 is 27.3 Å². The van der Waals surface area contributed by atoms with Crippen LogP contribution in [0.4, 0.5) is 11.5 Å². The van der Waals surface area contributed by atoms with Crippen molar-refractivity contribution in [3.8, 4) is 5.88 Å². The standard InChI is InChI=1S/C11H13BrN4OS/c1-17-11-9(13)10(15-6-16-11)14-5-4-7-2-3-8(12)18-7/h2-3,6H,4-5,13H2,1H3,(H,14,15,16). The molecule has 0 aliphatic carbocycles. The summed E-state index contributed by atoms with van der Waals surface area (Å²) in [6, 6.07) is 4.14. The summed E-state index contributed by atoms with van der Waals surface area (Å²) in [4.78, 5) is 9.31. The molecule has 2 aromatic heterocycles. The van der Waals surface area contributed by atoms with Crippen LogP contribution in [0.15, 0.2) is 22.2 Å². The monoisotopic (exact) mass is 328 g/mol. The highest BCUT2D eigenvalue weighted by Gasteiger charge is 2.07. The summed E-state index contributed by atoms with van der Waals surface area (Å²) in [5.74, 6) is 1.00. The zero-order valence-electron chi connectivity index (χ0n) is 9.81. The van der Waals surface area contributed by atoms with Gasteiger partial charge in [0, 0.05) is 11.4 Å². The lowest BCUT2D eigenvalue weighted by Crippen LogP contribution is -2.09. The molecule has 5 nitrogen and oxygen atoms in total. The number of anilines is 2. The van der Waals surface area contributed by atoms with Gasteiger partial charge < -0.3 is 15.8 Å². The number of hydrogen-bond acceptors (Lipinski definition) is 6. The minimum atomic E-state index is 0.395. The summed E-state index contributed by atoms with van der Waals surface area (Å²) in [5, 5.41) is 3.18. The van der Waals surface area contributed by atoms with E-state index >= 15 is 0 Å². The number of nitrogen functional groups attached to an aromatic ring is 1. The molecule has 0 saturated carbocycles. The summed E-state index contributed by atoms with van der Waals surface area (Å²) in [5.41, 5.74) is 6.30. The molecule has 0 amide bonds. The molecule has 3 N–H and O–H groups in total. The molecule has 18 heavy (non-hydrogen) atoms. The van der Waals surface area contributed by atoms with E-state index in [1.165, 1.54) is 18.3 Å². The molecule has 7 heteroatoms. The Balaban J connectivity index is 1.94. The van der Waals surface area contributed by atoms with Crippen LogP contribution in [0.3, 0.4) is 0 Å². The second kappa shape index (κ2) is 6.01. The number of thiophene rings is 1. The van der Waals surface area contributed by atoms with E-state index in [0.29, 0.717) is 17.4 Å². The first-order valence-electron chi connectivity index (χ1n) is 5.33. The number of nitrogens with two attached hydrogens (primary N) is 1. The molecule has 2 heterocycles. The normalized spacial score (nSPS) is 10.3. The van der Waals surface area contributed by atoms with Crippen LogP contribution in [0.5, 0.6) is 5.88 Å². The maximum absolute atomic E-state index is 5.86. The van der Waals surface area contributed by atoms with Crippen molar-refractivity contribution in [1.29, 1.82) is 0 Å². The van der Waals surface area contributed by atoms with Gasteiger partial charge in [-0.05, 0) is 34.5 Å². The molecule has 0 aliphatic rings. The van der Waals surface area contributed by atoms with E-state index in [4.69, 9.17) is 10.5 Å². The molecule has 0 aromatic carbocycles. The third-order valence-corrected chi connectivity index (χ3v) is 4.02. The third kappa shape index (κ3) is 3.11. The molecular formula is C11H13BrN4OS. The van der Waals surface area contributed by atoms with E-state index in [2.05, 4.69) is 37.3 Å². The van der Waals surface area contributed by atoms with E-state index in [1.54, 1.807) is 11.3 Å². The molecular weight excluding hydrogens is 316 g/mol. The zero-order chi connectivity index (χ0) is 13.0. The maximum Gasteiger partial charge on any atom is 0.242 e. The van der Waals surface area contributed by atoms with E-state index in [9.17, 15) is 0 Å². The van der Waals surface area contributed by atoms with Crippen LogP contribution in [0.1, 0.15) is 4.88 Å². The van der Waals surface area contributed by atoms with E-state index in [1.807, 2.05) is 6.07 Å². The fourth-order valence-electron chi connectivity index (χ4n) is 1.47. The Morgan fingerprint density at radius 2 is 2.28 bits per heavy atom. The first kappa shape index (κ1) is 13.1. The highest BCUT2D eigenvalue weighted by Crippen LogP contribution is 2.25. The molecule has 2 aromatic rings. The predicted molar refractivity (Wildman–Crippen MR) is 77.2 cm³/mol. The van der Waals surface area contributed by atoms with Gasteiger partial charge in [-0.25, -0.2) is 4.98 Å². The molecule has 0 atom stereocenters. The first-order chi connectivity index (χ1) is 8.70. The highest BCUT2D eigenvalue weighted by molar-refractivity contribution is 9.11. The second-order valence-electron chi connectivity index (χ2n) is 3.53. The largest absolute Gasteiger partial charge is 0.479 e. The van der Waals surface area contributed by atoms with Gasteiger partial charge in [0.15, 0.2) is 5.82 Å². The van der Waals surface area contributed by atoms with Gasteiger partial charge in [-0.3, -0.25) is 0 Å². The Kier molecular flexibility index (Phi) is 4.38. The third-order valence-electron chi connectivity index (χ3n) is 2.33. The van der Waals surface area contributed by atoms with Crippen LogP contribution in [0, 0.1) is 0 Å². The van der Waals surface area contributed by atoms with Gasteiger partial charge in [0.05, 0.1) is 10.9 Å². The van der Waals surface area contributed by atoms with Gasteiger partial charge >= 0.3 is 0 Å². The summed E-state index contributed by atoms with van der Waals surface area (Å²) >= 11 is 5.16. The van der Waals surface area contributed by atoms with Gasteiger partial charge in [-0.2, -0.15) is 4.98 Å². The van der Waals surface area contributed by atoms with Gasteiger partial charge in [-0.1, -0.05) is 0 Å². The quantitative estimate of drug-likeness (QED) is 0.882. The summed E-state index contributed by atoms with van der Waals surface area (Å²) in [6.45, 7) is 0.761. The number of halogens is 1. The fourth-order valence-corrected chi connectivity index (χ4v) is 2.96. The highest BCUT2D eigenvalue weighted by atomic mass is 79.9. The number of methoxy groups -OCH3 is 1. The SMILES string of the molecule is COc1ncnc(NCCc2ccc(Br)s2)c1N. The van der Waals surface area contributed by atoms with Crippen molar-refractivity contribution >= 4 is 38.8 Å². The minimum absolute atomic E-state index is 0.395. The van der Waals surface area contributed by atoms with E-state index in [-0.39, 0.29) is 0 Å². The lowest BCUT2D eigenvalue weighted by atomic mass is 10.3. The van der Waals surface area contributed by atoms with E-state index < -0.39 is 0 Å². The summed E-state index contributed by atoms with van der Waals surface area (Å²) in [7, 11) is 1.53. The predicted octanol–water partition coefficient (Wildman–Crippen LogP) is 2.55. The molecule has 0 radical (unpaired) electrons. The molecule has 0 saturated heterocycles. The Morgan fingerprint density at radius 1 is 1.44 bits per heavy atom. The van der Waals surface area contributed by atoms with Crippen molar-refractivity contribution in [2.75, 3.05) is 24.7 Å². The number of hydrogen-bond donors (Lipinski definition) is 2. The molecule has 0 unspecified atom stereocenters. The molecule has 96 valence electrons. The summed E-state index contributed by atoms with van der Waals surface area (Å²) in [6.07, 6.45) is 2.35. The Morgan fingerprint density at radius 3 is 2.94 bits per heavy atom. The van der Waals surface area contributed by atoms with Gasteiger partial charge in [0.1, 0.15) is 12.0 Å². The van der Waals surface area contributed by atoms with Crippen molar-refractivity contribution in [2.24, 2.45) is 0 Å². The van der Waals surface area contributed by atoms with Crippen molar-refractivity contribution < 1.29 is 4.74 Å². The average Bonchev–Trinajstić information content (AvgIpc) is 2.77. The smallest absolute Gasteiger partial charge is 0.242 e. The van der Waals surface area contributed by atoms with Crippen LogP contribution < -0.4 is 15.8 Å². The minimum Gasteiger partial charge on any atom is -0.479 e. The van der Waals surface area contributed by atoms with Gasteiger partial charge in [-0.15, -0.1) is 11.3 Å². The number of nitrogens with one attached hydrogen (secondary N) is 1. The van der Waals surface area contributed by atoms with Gasteiger partial charge in [0.2, 0.25) is 5.88 Å². The van der Waals surface area contributed by atoms with Gasteiger partial charge in [0.25, 0.3) is 0 Å². The lowest BCUT2D eigenvalue weighted by molar-refractivity contribution is 0.399. The van der Waals surface area contributed by atoms with Crippen molar-refractivity contribution in [3.05, 3.63) is 27.1 Å². The molecule has 0 spiro atoms. The lowest BCUT2D eigenvalue weighted by Gasteiger charge is -2.09. The fraction of sp³-hybridized carbons (Fsp3) is 0.273. The number of ether oxygens (including phenoxy) is 1. The maximum atomic E-state index is 5.86. The van der Waals surface area contributed by atoms with E-state index in [0.717, 1.165) is 16.8 Å². The summed E-state index contributed by atoms with van der Waals surface area (Å²) < 4.78 is 6.17. The Bertz CT molecular complexity index is 532. The zero-order valence-corrected chi connectivity index (χ0v) is 12.2.